The first kappa shape index (κ1) is 20.2. The SMILES string of the molecule is COc1ccc(C(C)NC(=O)NCc2ccccc2Cn2cncn2)cc1OC. The number of rotatable bonds is 8. The zero-order valence-corrected chi connectivity index (χ0v) is 16.8. The first-order chi connectivity index (χ1) is 14.1. The summed E-state index contributed by atoms with van der Waals surface area (Å²) in [5.74, 6) is 1.28. The van der Waals surface area contributed by atoms with Crippen LogP contribution in [0.15, 0.2) is 55.1 Å². The summed E-state index contributed by atoms with van der Waals surface area (Å²) in [5.41, 5.74) is 3.02. The van der Waals surface area contributed by atoms with E-state index < -0.39 is 0 Å². The lowest BCUT2D eigenvalue weighted by molar-refractivity contribution is 0.237. The van der Waals surface area contributed by atoms with E-state index >= 15 is 0 Å². The second-order valence-electron chi connectivity index (χ2n) is 6.52. The second kappa shape index (κ2) is 9.59. The number of hydrogen-bond donors (Lipinski definition) is 2. The lowest BCUT2D eigenvalue weighted by Crippen LogP contribution is -2.36. The Labute approximate surface area is 169 Å². The van der Waals surface area contributed by atoms with E-state index in [4.69, 9.17) is 9.47 Å². The van der Waals surface area contributed by atoms with Crippen LogP contribution in [0, 0.1) is 0 Å². The highest BCUT2D eigenvalue weighted by atomic mass is 16.5. The first-order valence-corrected chi connectivity index (χ1v) is 9.26. The molecule has 0 saturated carbocycles. The van der Waals surface area contributed by atoms with Crippen molar-refractivity contribution < 1.29 is 14.3 Å². The number of benzene rings is 2. The lowest BCUT2D eigenvalue weighted by Gasteiger charge is -2.17. The molecule has 0 aliphatic heterocycles. The highest BCUT2D eigenvalue weighted by Crippen LogP contribution is 2.29. The number of methoxy groups -OCH3 is 2. The van der Waals surface area contributed by atoms with Crippen molar-refractivity contribution in [3.05, 3.63) is 71.8 Å². The molecule has 3 aromatic rings. The fourth-order valence-electron chi connectivity index (χ4n) is 3.00. The normalized spacial score (nSPS) is 11.6. The smallest absolute Gasteiger partial charge is 0.315 e. The van der Waals surface area contributed by atoms with E-state index in [-0.39, 0.29) is 12.1 Å². The van der Waals surface area contributed by atoms with E-state index in [0.29, 0.717) is 24.6 Å². The summed E-state index contributed by atoms with van der Waals surface area (Å²) in [5, 5.41) is 10.00. The van der Waals surface area contributed by atoms with E-state index in [0.717, 1.165) is 16.7 Å². The van der Waals surface area contributed by atoms with Crippen LogP contribution in [0.3, 0.4) is 0 Å². The van der Waals surface area contributed by atoms with Crippen LogP contribution in [0.1, 0.15) is 29.7 Å². The van der Waals surface area contributed by atoms with Crippen molar-refractivity contribution in [3.63, 3.8) is 0 Å². The van der Waals surface area contributed by atoms with Crippen molar-refractivity contribution in [3.8, 4) is 11.5 Å². The standard InChI is InChI=1S/C21H25N5O3/c1-15(16-8-9-19(28-2)20(10-16)29-3)25-21(27)23-11-17-6-4-5-7-18(17)12-26-14-22-13-24-26/h4-10,13-15H,11-12H2,1-3H3,(H2,23,25,27). The van der Waals surface area contributed by atoms with Crippen molar-refractivity contribution in [2.75, 3.05) is 14.2 Å². The molecule has 2 amide bonds. The van der Waals surface area contributed by atoms with Gasteiger partial charge < -0.3 is 20.1 Å². The average Bonchev–Trinajstić information content (AvgIpc) is 3.25. The number of urea groups is 1. The Morgan fingerprint density at radius 3 is 2.55 bits per heavy atom. The Balaban J connectivity index is 1.59. The van der Waals surface area contributed by atoms with E-state index in [1.165, 1.54) is 6.33 Å². The van der Waals surface area contributed by atoms with Gasteiger partial charge in [0.15, 0.2) is 11.5 Å². The number of nitrogens with zero attached hydrogens (tertiary/aromatic N) is 3. The minimum Gasteiger partial charge on any atom is -0.493 e. The van der Waals surface area contributed by atoms with Crippen molar-refractivity contribution >= 4 is 6.03 Å². The van der Waals surface area contributed by atoms with Gasteiger partial charge in [-0.3, -0.25) is 0 Å². The molecule has 29 heavy (non-hydrogen) atoms. The maximum absolute atomic E-state index is 12.4. The Morgan fingerprint density at radius 2 is 1.86 bits per heavy atom. The summed E-state index contributed by atoms with van der Waals surface area (Å²) in [7, 11) is 3.18. The summed E-state index contributed by atoms with van der Waals surface area (Å²) in [4.78, 5) is 16.4. The molecule has 0 spiro atoms. The van der Waals surface area contributed by atoms with Gasteiger partial charge in [0.2, 0.25) is 0 Å². The number of carbonyl (C=O) groups excluding carboxylic acids is 1. The summed E-state index contributed by atoms with van der Waals surface area (Å²) in [6, 6.07) is 13.1. The van der Waals surface area contributed by atoms with Gasteiger partial charge in [-0.05, 0) is 35.7 Å². The molecule has 1 heterocycles. The minimum atomic E-state index is -0.247. The van der Waals surface area contributed by atoms with E-state index in [2.05, 4.69) is 20.7 Å². The molecule has 8 nitrogen and oxygen atoms in total. The molecule has 8 heteroatoms. The fraction of sp³-hybridized carbons (Fsp3) is 0.286. The molecule has 2 N–H and O–H groups in total. The number of ether oxygens (including phenoxy) is 2. The largest absolute Gasteiger partial charge is 0.493 e. The molecule has 0 fully saturated rings. The van der Waals surface area contributed by atoms with Crippen molar-refractivity contribution in [1.29, 1.82) is 0 Å². The molecule has 2 aromatic carbocycles. The minimum absolute atomic E-state index is 0.194. The second-order valence-corrected chi connectivity index (χ2v) is 6.52. The van der Waals surface area contributed by atoms with Crippen molar-refractivity contribution in [1.82, 2.24) is 25.4 Å². The summed E-state index contributed by atoms with van der Waals surface area (Å²) >= 11 is 0. The molecule has 0 saturated heterocycles. The van der Waals surface area contributed by atoms with E-state index in [9.17, 15) is 4.79 Å². The van der Waals surface area contributed by atoms with Crippen LogP contribution in [0.4, 0.5) is 4.79 Å². The van der Waals surface area contributed by atoms with Crippen molar-refractivity contribution in [2.45, 2.75) is 26.1 Å². The zero-order chi connectivity index (χ0) is 20.6. The summed E-state index contributed by atoms with van der Waals surface area (Å²) in [6.07, 6.45) is 3.17. The molecular weight excluding hydrogens is 370 g/mol. The third kappa shape index (κ3) is 5.25. The third-order valence-electron chi connectivity index (χ3n) is 4.61. The Bertz CT molecular complexity index is 943. The predicted molar refractivity (Wildman–Crippen MR) is 109 cm³/mol. The van der Waals surface area contributed by atoms with Crippen molar-refractivity contribution in [2.24, 2.45) is 0 Å². The lowest BCUT2D eigenvalue weighted by atomic mass is 10.1. The molecule has 1 unspecified atom stereocenters. The Kier molecular flexibility index (Phi) is 6.67. The molecule has 0 bridgehead atoms. The van der Waals surface area contributed by atoms with Gasteiger partial charge in [-0.15, -0.1) is 0 Å². The van der Waals surface area contributed by atoms with Crippen LogP contribution in [-0.2, 0) is 13.1 Å². The quantitative estimate of drug-likeness (QED) is 0.612. The molecule has 3 rings (SSSR count). The third-order valence-corrected chi connectivity index (χ3v) is 4.61. The van der Waals surface area contributed by atoms with Crippen LogP contribution in [0.5, 0.6) is 11.5 Å². The van der Waals surface area contributed by atoms with Crippen LogP contribution in [0.25, 0.3) is 0 Å². The maximum Gasteiger partial charge on any atom is 0.315 e. The highest BCUT2D eigenvalue weighted by molar-refractivity contribution is 5.74. The predicted octanol–water partition coefficient (Wildman–Crippen LogP) is 2.90. The van der Waals surface area contributed by atoms with E-state index in [1.54, 1.807) is 25.2 Å². The van der Waals surface area contributed by atoms with Gasteiger partial charge in [-0.25, -0.2) is 14.5 Å². The van der Waals surface area contributed by atoms with Gasteiger partial charge in [0.05, 0.1) is 26.8 Å². The number of nitrogens with one attached hydrogen (secondary N) is 2. The van der Waals surface area contributed by atoms with Crippen LogP contribution in [-0.4, -0.2) is 35.0 Å². The molecule has 0 aliphatic rings. The molecule has 0 aliphatic carbocycles. The van der Waals surface area contributed by atoms with Crippen LogP contribution in [0.2, 0.25) is 0 Å². The number of carbonyl (C=O) groups is 1. The van der Waals surface area contributed by atoms with Gasteiger partial charge in [-0.2, -0.15) is 5.10 Å². The van der Waals surface area contributed by atoms with E-state index in [1.807, 2.05) is 49.4 Å². The molecule has 0 radical (unpaired) electrons. The highest BCUT2D eigenvalue weighted by Gasteiger charge is 2.13. The first-order valence-electron chi connectivity index (χ1n) is 9.26. The number of hydrogen-bond acceptors (Lipinski definition) is 5. The summed E-state index contributed by atoms with van der Waals surface area (Å²) < 4.78 is 12.3. The molecule has 1 aromatic heterocycles. The monoisotopic (exact) mass is 395 g/mol. The Morgan fingerprint density at radius 1 is 1.10 bits per heavy atom. The topological polar surface area (TPSA) is 90.3 Å². The fourth-order valence-corrected chi connectivity index (χ4v) is 3.00. The summed E-state index contributed by atoms with van der Waals surface area (Å²) in [6.45, 7) is 2.93. The van der Waals surface area contributed by atoms with Gasteiger partial charge in [0.25, 0.3) is 0 Å². The van der Waals surface area contributed by atoms with Crippen LogP contribution >= 0.6 is 0 Å². The van der Waals surface area contributed by atoms with Gasteiger partial charge in [0.1, 0.15) is 12.7 Å². The molecular formula is C21H25N5O3. The zero-order valence-electron chi connectivity index (χ0n) is 16.8. The van der Waals surface area contributed by atoms with Gasteiger partial charge >= 0.3 is 6.03 Å². The Hall–Kier alpha value is -3.55. The van der Waals surface area contributed by atoms with Gasteiger partial charge in [0, 0.05) is 6.54 Å². The molecule has 1 atom stereocenters. The number of aromatic nitrogens is 3. The maximum atomic E-state index is 12.4. The van der Waals surface area contributed by atoms with Crippen LogP contribution < -0.4 is 20.1 Å². The average molecular weight is 395 g/mol. The molecule has 152 valence electrons. The number of amides is 2. The van der Waals surface area contributed by atoms with Gasteiger partial charge in [-0.1, -0.05) is 30.3 Å².